The average molecular weight is 338 g/mol. The molecule has 0 unspecified atom stereocenters. The molecule has 5 nitrogen and oxygen atoms in total. The summed E-state index contributed by atoms with van der Waals surface area (Å²) in [6.45, 7) is 4.51. The van der Waals surface area contributed by atoms with Crippen molar-refractivity contribution in [1.29, 1.82) is 0 Å². The summed E-state index contributed by atoms with van der Waals surface area (Å²) in [5.41, 5.74) is 0. The number of nitrogens with zero attached hydrogens (tertiary/aromatic N) is 3. The van der Waals surface area contributed by atoms with E-state index in [4.69, 9.17) is 4.74 Å². The van der Waals surface area contributed by atoms with Gasteiger partial charge < -0.3 is 15.0 Å². The van der Waals surface area contributed by atoms with Crippen molar-refractivity contribution in [2.24, 2.45) is 10.9 Å². The molecule has 0 aromatic heterocycles. The van der Waals surface area contributed by atoms with E-state index in [9.17, 15) is 13.2 Å². The van der Waals surface area contributed by atoms with Crippen LogP contribution in [0.1, 0.15) is 19.8 Å². The summed E-state index contributed by atoms with van der Waals surface area (Å²) in [6, 6.07) is 0. The molecule has 1 aliphatic carbocycles. The van der Waals surface area contributed by atoms with Crippen LogP contribution in [0.25, 0.3) is 0 Å². The number of halogens is 3. The molecule has 1 aliphatic rings. The quantitative estimate of drug-likeness (QED) is 0.375. The number of nitrogens with one attached hydrogen (secondary N) is 1. The molecule has 8 heteroatoms. The van der Waals surface area contributed by atoms with Crippen LogP contribution in [0.2, 0.25) is 0 Å². The molecule has 0 aromatic carbocycles. The van der Waals surface area contributed by atoms with Crippen molar-refractivity contribution in [3.8, 4) is 0 Å². The Balaban J connectivity index is 2.29. The van der Waals surface area contributed by atoms with Gasteiger partial charge in [-0.15, -0.1) is 0 Å². The van der Waals surface area contributed by atoms with E-state index in [-0.39, 0.29) is 6.54 Å². The van der Waals surface area contributed by atoms with E-state index in [2.05, 4.69) is 10.3 Å². The zero-order valence-electron chi connectivity index (χ0n) is 14.3. The highest BCUT2D eigenvalue weighted by Gasteiger charge is 2.28. The second-order valence-electron chi connectivity index (χ2n) is 6.03. The fraction of sp³-hybridized carbons (Fsp3) is 0.933. The molecule has 0 saturated heterocycles. The van der Waals surface area contributed by atoms with E-state index < -0.39 is 12.7 Å². The Morgan fingerprint density at radius 2 is 1.96 bits per heavy atom. The van der Waals surface area contributed by atoms with Crippen LogP contribution in [0, 0.1) is 5.92 Å². The number of ether oxygens (including phenoxy) is 1. The van der Waals surface area contributed by atoms with Gasteiger partial charge in [-0.2, -0.15) is 13.2 Å². The predicted octanol–water partition coefficient (Wildman–Crippen LogP) is 1.80. The number of alkyl halides is 3. The van der Waals surface area contributed by atoms with E-state index in [0.29, 0.717) is 32.2 Å². The highest BCUT2D eigenvalue weighted by molar-refractivity contribution is 5.79. The first-order valence-corrected chi connectivity index (χ1v) is 8.14. The fourth-order valence-corrected chi connectivity index (χ4v) is 2.02. The summed E-state index contributed by atoms with van der Waals surface area (Å²) in [7, 11) is 3.35. The number of guanidine groups is 1. The van der Waals surface area contributed by atoms with Crippen molar-refractivity contribution >= 4 is 5.96 Å². The lowest BCUT2D eigenvalue weighted by Gasteiger charge is -2.23. The monoisotopic (exact) mass is 338 g/mol. The number of likely N-dealkylation sites (N-methyl/N-ethyl adjacent to an activating group) is 2. The zero-order valence-corrected chi connectivity index (χ0v) is 14.3. The Labute approximate surface area is 136 Å². The molecule has 136 valence electrons. The third kappa shape index (κ3) is 10.4. The Morgan fingerprint density at radius 3 is 2.52 bits per heavy atom. The van der Waals surface area contributed by atoms with Gasteiger partial charge in [-0.25, -0.2) is 0 Å². The van der Waals surface area contributed by atoms with Crippen molar-refractivity contribution < 1.29 is 17.9 Å². The average Bonchev–Trinajstić information content (AvgIpc) is 3.24. The Bertz CT molecular complexity index is 359. The van der Waals surface area contributed by atoms with Crippen molar-refractivity contribution in [3.05, 3.63) is 0 Å². The Kier molecular flexibility index (Phi) is 8.68. The molecule has 1 fully saturated rings. The minimum atomic E-state index is -4.17. The number of aliphatic imine (C=N–C) groups is 1. The molecular weight excluding hydrogens is 309 g/mol. The van der Waals surface area contributed by atoms with Gasteiger partial charge in [0.2, 0.25) is 0 Å². The summed E-state index contributed by atoms with van der Waals surface area (Å²) in [5, 5.41) is 3.15. The van der Waals surface area contributed by atoms with E-state index in [0.717, 1.165) is 12.5 Å². The SMILES string of the molecule is CCNC(=NCCN(C)CC(F)(F)F)N(C)CCOCC1CC1. The topological polar surface area (TPSA) is 40.1 Å². The highest BCUT2D eigenvalue weighted by atomic mass is 19.4. The minimum absolute atomic E-state index is 0.264. The van der Waals surface area contributed by atoms with Crippen molar-refractivity contribution in [2.75, 3.05) is 60.0 Å². The highest BCUT2D eigenvalue weighted by Crippen LogP contribution is 2.28. The summed E-state index contributed by atoms with van der Waals surface area (Å²) < 4.78 is 42.4. The van der Waals surface area contributed by atoms with Crippen molar-refractivity contribution in [2.45, 2.75) is 25.9 Å². The van der Waals surface area contributed by atoms with Crippen LogP contribution in [0.4, 0.5) is 13.2 Å². The summed E-state index contributed by atoms with van der Waals surface area (Å²) in [6.07, 6.45) is -1.63. The van der Waals surface area contributed by atoms with Crippen LogP contribution < -0.4 is 5.32 Å². The molecule has 1 N–H and O–H groups in total. The van der Waals surface area contributed by atoms with Gasteiger partial charge in [-0.1, -0.05) is 0 Å². The van der Waals surface area contributed by atoms with Gasteiger partial charge in [0.15, 0.2) is 5.96 Å². The van der Waals surface area contributed by atoms with Crippen LogP contribution in [0.15, 0.2) is 4.99 Å². The largest absolute Gasteiger partial charge is 0.401 e. The van der Waals surface area contributed by atoms with Gasteiger partial charge in [0, 0.05) is 33.3 Å². The standard InChI is InChI=1S/C15H29F3N4O/c1-4-19-14(20-7-8-21(2)12-15(16,17)18)22(3)9-10-23-11-13-5-6-13/h13H,4-12H2,1-3H3,(H,19,20). The molecule has 0 heterocycles. The second kappa shape index (κ2) is 9.97. The lowest BCUT2D eigenvalue weighted by atomic mass is 10.5. The van der Waals surface area contributed by atoms with Gasteiger partial charge in [0.05, 0.1) is 19.7 Å². The van der Waals surface area contributed by atoms with Gasteiger partial charge in [-0.3, -0.25) is 9.89 Å². The first-order valence-electron chi connectivity index (χ1n) is 8.14. The third-order valence-electron chi connectivity index (χ3n) is 3.51. The molecule has 0 radical (unpaired) electrons. The van der Waals surface area contributed by atoms with E-state index in [1.165, 1.54) is 24.8 Å². The molecule has 0 bridgehead atoms. The molecule has 0 atom stereocenters. The van der Waals surface area contributed by atoms with E-state index in [1.807, 2.05) is 18.9 Å². The normalized spacial score (nSPS) is 16.0. The van der Waals surface area contributed by atoms with Crippen LogP contribution in [0.3, 0.4) is 0 Å². The lowest BCUT2D eigenvalue weighted by Crippen LogP contribution is -2.41. The number of rotatable bonds is 10. The van der Waals surface area contributed by atoms with Crippen LogP contribution >= 0.6 is 0 Å². The van der Waals surface area contributed by atoms with Gasteiger partial charge in [0.1, 0.15) is 0 Å². The number of hydrogen-bond acceptors (Lipinski definition) is 3. The fourth-order valence-electron chi connectivity index (χ4n) is 2.02. The Hall–Kier alpha value is -1.02. The second-order valence-corrected chi connectivity index (χ2v) is 6.03. The maximum atomic E-state index is 12.3. The molecule has 1 rings (SSSR count). The zero-order chi connectivity index (χ0) is 17.3. The van der Waals surface area contributed by atoms with Crippen LogP contribution in [-0.4, -0.2) is 82.0 Å². The summed E-state index contributed by atoms with van der Waals surface area (Å²) in [5.74, 6) is 1.44. The lowest BCUT2D eigenvalue weighted by molar-refractivity contribution is -0.142. The summed E-state index contributed by atoms with van der Waals surface area (Å²) >= 11 is 0. The minimum Gasteiger partial charge on any atom is -0.379 e. The van der Waals surface area contributed by atoms with Crippen molar-refractivity contribution in [3.63, 3.8) is 0 Å². The van der Waals surface area contributed by atoms with Crippen LogP contribution in [0.5, 0.6) is 0 Å². The predicted molar refractivity (Wildman–Crippen MR) is 85.7 cm³/mol. The third-order valence-corrected chi connectivity index (χ3v) is 3.51. The molecule has 23 heavy (non-hydrogen) atoms. The van der Waals surface area contributed by atoms with Gasteiger partial charge in [-0.05, 0) is 32.7 Å². The summed E-state index contributed by atoms with van der Waals surface area (Å²) in [4.78, 5) is 7.55. The maximum Gasteiger partial charge on any atom is 0.401 e. The molecule has 0 spiro atoms. The molecule has 0 aromatic rings. The first kappa shape index (κ1) is 20.0. The van der Waals surface area contributed by atoms with Gasteiger partial charge in [0.25, 0.3) is 0 Å². The van der Waals surface area contributed by atoms with Gasteiger partial charge >= 0.3 is 6.18 Å². The maximum absolute atomic E-state index is 12.3. The first-order chi connectivity index (χ1) is 10.8. The Morgan fingerprint density at radius 1 is 1.26 bits per heavy atom. The van der Waals surface area contributed by atoms with Crippen molar-refractivity contribution in [1.82, 2.24) is 15.1 Å². The molecule has 0 aliphatic heterocycles. The van der Waals surface area contributed by atoms with Crippen LogP contribution in [-0.2, 0) is 4.74 Å². The number of hydrogen-bond donors (Lipinski definition) is 1. The van der Waals surface area contributed by atoms with E-state index in [1.54, 1.807) is 0 Å². The molecule has 1 saturated carbocycles. The molecule has 0 amide bonds. The molecular formula is C15H29F3N4O. The van der Waals surface area contributed by atoms with E-state index >= 15 is 0 Å². The smallest absolute Gasteiger partial charge is 0.379 e.